The van der Waals surface area contributed by atoms with Gasteiger partial charge in [0, 0.05) is 40.6 Å². The van der Waals surface area contributed by atoms with Crippen LogP contribution in [0.1, 0.15) is 44.1 Å². The van der Waals surface area contributed by atoms with Crippen LogP contribution in [0.25, 0.3) is 5.65 Å². The fourth-order valence-corrected chi connectivity index (χ4v) is 3.99. The molecule has 1 aromatic carbocycles. The van der Waals surface area contributed by atoms with Gasteiger partial charge in [-0.3, -0.25) is 19.7 Å². The topological polar surface area (TPSA) is 144 Å². The van der Waals surface area contributed by atoms with Crippen LogP contribution in [0.5, 0.6) is 0 Å². The fourth-order valence-electron chi connectivity index (χ4n) is 3.47. The number of carbonyl (C=O) groups is 3. The van der Waals surface area contributed by atoms with Crippen LogP contribution in [0.15, 0.2) is 42.0 Å². The Kier molecular flexibility index (Phi) is 6.13. The molecule has 0 fully saturated rings. The van der Waals surface area contributed by atoms with Gasteiger partial charge < -0.3 is 11.1 Å². The van der Waals surface area contributed by atoms with E-state index in [0.29, 0.717) is 34.1 Å². The molecule has 0 radical (unpaired) electrons. The molecule has 0 saturated heterocycles. The number of nitrogens with two attached hydrogens (primary N) is 1. The number of thiazole rings is 1. The lowest BCUT2D eigenvalue weighted by atomic mass is 10.1. The van der Waals surface area contributed by atoms with Gasteiger partial charge in [0.15, 0.2) is 10.8 Å². The second-order valence-electron chi connectivity index (χ2n) is 7.34. The van der Waals surface area contributed by atoms with Gasteiger partial charge in [0.2, 0.25) is 5.91 Å². The molecule has 3 aromatic heterocycles. The summed E-state index contributed by atoms with van der Waals surface area (Å²) in [6.07, 6.45) is 3.69. The van der Waals surface area contributed by atoms with Crippen LogP contribution >= 0.6 is 11.3 Å². The predicted octanol–water partition coefficient (Wildman–Crippen LogP) is 2.73. The van der Waals surface area contributed by atoms with Gasteiger partial charge in [-0.1, -0.05) is 0 Å². The Balaban J connectivity index is 1.39. The van der Waals surface area contributed by atoms with Crippen LogP contribution in [0.2, 0.25) is 0 Å². The molecule has 0 aliphatic carbocycles. The van der Waals surface area contributed by atoms with E-state index < -0.39 is 5.91 Å². The van der Waals surface area contributed by atoms with Gasteiger partial charge in [0.25, 0.3) is 11.8 Å². The summed E-state index contributed by atoms with van der Waals surface area (Å²) in [6, 6.07) is 6.62. The molecule has 0 aliphatic heterocycles. The average molecular weight is 464 g/mol. The van der Waals surface area contributed by atoms with Gasteiger partial charge >= 0.3 is 0 Å². The number of nitrogens with zero attached hydrogens (tertiary/aromatic N) is 4. The highest BCUT2D eigenvalue weighted by Crippen LogP contribution is 2.19. The van der Waals surface area contributed by atoms with E-state index in [1.54, 1.807) is 40.4 Å². The average Bonchev–Trinajstić information content (AvgIpc) is 3.44. The molecule has 3 heterocycles. The van der Waals surface area contributed by atoms with Crippen LogP contribution in [0.3, 0.4) is 0 Å². The minimum atomic E-state index is -0.588. The predicted molar refractivity (Wildman–Crippen MR) is 124 cm³/mol. The van der Waals surface area contributed by atoms with Crippen LogP contribution in [0, 0.1) is 13.8 Å². The lowest BCUT2D eigenvalue weighted by Gasteiger charge is -2.12. The number of aromatic nitrogens is 4. The summed E-state index contributed by atoms with van der Waals surface area (Å²) in [5.41, 5.74) is 9.49. The van der Waals surface area contributed by atoms with E-state index in [0.717, 1.165) is 11.3 Å². The molecule has 3 amide bonds. The molecule has 0 atom stereocenters. The first-order chi connectivity index (χ1) is 15.8. The zero-order chi connectivity index (χ0) is 23.5. The molecule has 4 N–H and O–H groups in total. The number of amides is 3. The van der Waals surface area contributed by atoms with Crippen LogP contribution in [0.4, 0.5) is 10.8 Å². The standard InChI is InChI=1S/C22H21N7O3S/c1-12-16(13(2)29-20(26-12)17(11-25-29)19(23)31)7-8-18(30)27-15-5-3-14(4-6-15)21(32)28-22-24-9-10-33-22/h3-6,9-11H,7-8H2,1-2H3,(H2,23,31)(H,27,30)(H,24,28,32). The first-order valence-corrected chi connectivity index (χ1v) is 11.0. The highest BCUT2D eigenvalue weighted by atomic mass is 32.1. The first-order valence-electron chi connectivity index (χ1n) is 10.1. The van der Waals surface area contributed by atoms with Gasteiger partial charge in [-0.05, 0) is 50.1 Å². The maximum absolute atomic E-state index is 12.5. The number of hydrogen-bond acceptors (Lipinski definition) is 7. The van der Waals surface area contributed by atoms with Gasteiger partial charge in [0.05, 0.1) is 6.20 Å². The second-order valence-corrected chi connectivity index (χ2v) is 8.23. The smallest absolute Gasteiger partial charge is 0.257 e. The molecule has 168 valence electrons. The molecule has 4 rings (SSSR count). The summed E-state index contributed by atoms with van der Waals surface area (Å²) in [4.78, 5) is 44.8. The molecular formula is C22H21N7O3S. The lowest BCUT2D eigenvalue weighted by molar-refractivity contribution is -0.116. The van der Waals surface area contributed by atoms with E-state index in [-0.39, 0.29) is 23.8 Å². The molecular weight excluding hydrogens is 442 g/mol. The van der Waals surface area contributed by atoms with Gasteiger partial charge in [-0.25, -0.2) is 14.5 Å². The largest absolute Gasteiger partial charge is 0.365 e. The highest BCUT2D eigenvalue weighted by molar-refractivity contribution is 7.13. The minimum Gasteiger partial charge on any atom is -0.365 e. The molecule has 0 spiro atoms. The van der Waals surface area contributed by atoms with E-state index in [1.165, 1.54) is 17.5 Å². The number of nitrogens with one attached hydrogen (secondary N) is 2. The Hall–Kier alpha value is -4.12. The molecule has 10 nitrogen and oxygen atoms in total. The van der Waals surface area contributed by atoms with Gasteiger partial charge in [-0.2, -0.15) is 5.10 Å². The third-order valence-corrected chi connectivity index (χ3v) is 5.85. The number of aryl methyl sites for hydroxylation is 2. The maximum Gasteiger partial charge on any atom is 0.257 e. The van der Waals surface area contributed by atoms with E-state index in [4.69, 9.17) is 5.73 Å². The van der Waals surface area contributed by atoms with Crippen molar-refractivity contribution in [3.63, 3.8) is 0 Å². The van der Waals surface area contributed by atoms with Crippen molar-refractivity contribution < 1.29 is 14.4 Å². The van der Waals surface area contributed by atoms with E-state index in [1.807, 2.05) is 13.8 Å². The van der Waals surface area contributed by atoms with Crippen LogP contribution in [-0.2, 0) is 11.2 Å². The fraction of sp³-hybridized carbons (Fsp3) is 0.182. The van der Waals surface area contributed by atoms with Crippen molar-refractivity contribution >= 4 is 45.5 Å². The van der Waals surface area contributed by atoms with Crippen molar-refractivity contribution in [1.29, 1.82) is 0 Å². The molecule has 4 aromatic rings. The second kappa shape index (κ2) is 9.17. The van der Waals surface area contributed by atoms with Crippen molar-refractivity contribution in [3.05, 3.63) is 70.1 Å². The molecule has 0 unspecified atom stereocenters. The van der Waals surface area contributed by atoms with Crippen molar-refractivity contribution in [2.24, 2.45) is 5.73 Å². The van der Waals surface area contributed by atoms with Crippen molar-refractivity contribution in [3.8, 4) is 0 Å². The monoisotopic (exact) mass is 463 g/mol. The zero-order valence-electron chi connectivity index (χ0n) is 18.0. The Labute approximate surface area is 192 Å². The first kappa shape index (κ1) is 22.1. The van der Waals surface area contributed by atoms with Gasteiger partial charge in [-0.15, -0.1) is 11.3 Å². The maximum atomic E-state index is 12.5. The van der Waals surface area contributed by atoms with Crippen molar-refractivity contribution in [2.75, 3.05) is 10.6 Å². The molecule has 0 aliphatic rings. The van der Waals surface area contributed by atoms with Crippen molar-refractivity contribution in [2.45, 2.75) is 26.7 Å². The van der Waals surface area contributed by atoms with E-state index in [2.05, 4.69) is 25.7 Å². The summed E-state index contributed by atoms with van der Waals surface area (Å²) in [5, 5.41) is 12.0. The van der Waals surface area contributed by atoms with Crippen molar-refractivity contribution in [1.82, 2.24) is 19.6 Å². The SMILES string of the molecule is Cc1nc2c(C(N)=O)cnn2c(C)c1CCC(=O)Nc1ccc(C(=O)Nc2nccs2)cc1. The quantitative estimate of drug-likeness (QED) is 0.384. The molecule has 0 bridgehead atoms. The minimum absolute atomic E-state index is 0.174. The summed E-state index contributed by atoms with van der Waals surface area (Å²) in [5.74, 6) is -1.03. The summed E-state index contributed by atoms with van der Waals surface area (Å²) in [7, 11) is 0. The Morgan fingerprint density at radius 3 is 2.55 bits per heavy atom. The third kappa shape index (κ3) is 4.72. The number of hydrogen-bond donors (Lipinski definition) is 3. The normalized spacial score (nSPS) is 10.8. The molecule has 33 heavy (non-hydrogen) atoms. The lowest BCUT2D eigenvalue weighted by Crippen LogP contribution is -2.15. The number of primary amides is 1. The number of anilines is 2. The Morgan fingerprint density at radius 1 is 1.12 bits per heavy atom. The summed E-state index contributed by atoms with van der Waals surface area (Å²) >= 11 is 1.34. The number of rotatable bonds is 7. The summed E-state index contributed by atoms with van der Waals surface area (Å²) < 4.78 is 1.57. The zero-order valence-corrected chi connectivity index (χ0v) is 18.8. The van der Waals surface area contributed by atoms with E-state index in [9.17, 15) is 14.4 Å². The number of benzene rings is 1. The molecule has 11 heteroatoms. The van der Waals surface area contributed by atoms with E-state index >= 15 is 0 Å². The van der Waals surface area contributed by atoms with Gasteiger partial charge in [0.1, 0.15) is 5.56 Å². The Morgan fingerprint density at radius 2 is 1.88 bits per heavy atom. The Bertz CT molecular complexity index is 1340. The highest BCUT2D eigenvalue weighted by Gasteiger charge is 2.17. The summed E-state index contributed by atoms with van der Waals surface area (Å²) in [6.45, 7) is 3.69. The van der Waals surface area contributed by atoms with Crippen LogP contribution in [-0.4, -0.2) is 37.3 Å². The number of carbonyl (C=O) groups excluding carboxylic acids is 3. The number of fused-ring (bicyclic) bond motifs is 1. The third-order valence-electron chi connectivity index (χ3n) is 5.16. The molecule has 0 saturated carbocycles. The van der Waals surface area contributed by atoms with Crippen LogP contribution < -0.4 is 16.4 Å².